The van der Waals surface area contributed by atoms with Crippen molar-refractivity contribution in [3.05, 3.63) is 12.2 Å². The van der Waals surface area contributed by atoms with Crippen LogP contribution < -0.4 is 0 Å². The molecule has 0 amide bonds. The SMILES string of the molecule is CC/C=C\C(=O)C(OC)OC. The summed E-state index contributed by atoms with van der Waals surface area (Å²) < 4.78 is 9.47. The van der Waals surface area contributed by atoms with Gasteiger partial charge >= 0.3 is 0 Å². The van der Waals surface area contributed by atoms with Gasteiger partial charge in [0.25, 0.3) is 0 Å². The fourth-order valence-corrected chi connectivity index (χ4v) is 0.641. The van der Waals surface area contributed by atoms with Crippen molar-refractivity contribution in [2.24, 2.45) is 0 Å². The second-order valence-corrected chi connectivity index (χ2v) is 2.02. The molecule has 11 heavy (non-hydrogen) atoms. The topological polar surface area (TPSA) is 35.5 Å². The third-order valence-electron chi connectivity index (χ3n) is 1.18. The van der Waals surface area contributed by atoms with Crippen LogP contribution in [0.25, 0.3) is 0 Å². The molecule has 0 aromatic carbocycles. The Labute approximate surface area is 67.0 Å². The molecule has 0 aromatic heterocycles. The van der Waals surface area contributed by atoms with Crippen LogP contribution in [-0.2, 0) is 14.3 Å². The zero-order valence-corrected chi connectivity index (χ0v) is 7.16. The Bertz CT molecular complexity index is 136. The van der Waals surface area contributed by atoms with E-state index in [9.17, 15) is 4.79 Å². The molecule has 0 aromatic rings. The molecule has 0 saturated heterocycles. The highest BCUT2D eigenvalue weighted by Crippen LogP contribution is 1.94. The molecule has 0 heterocycles. The maximum absolute atomic E-state index is 11.0. The summed E-state index contributed by atoms with van der Waals surface area (Å²) in [5.74, 6) is -0.156. The Kier molecular flexibility index (Phi) is 5.70. The van der Waals surface area contributed by atoms with E-state index in [2.05, 4.69) is 0 Å². The lowest BCUT2D eigenvalue weighted by Gasteiger charge is -2.08. The first-order chi connectivity index (χ1) is 5.26. The Morgan fingerprint density at radius 3 is 2.36 bits per heavy atom. The number of rotatable bonds is 5. The van der Waals surface area contributed by atoms with Gasteiger partial charge in [0.15, 0.2) is 0 Å². The zero-order chi connectivity index (χ0) is 8.69. The molecule has 0 bridgehead atoms. The minimum Gasteiger partial charge on any atom is -0.349 e. The van der Waals surface area contributed by atoms with E-state index in [0.29, 0.717) is 0 Å². The molecule has 0 rings (SSSR count). The fraction of sp³-hybridized carbons (Fsp3) is 0.625. The van der Waals surface area contributed by atoms with E-state index < -0.39 is 6.29 Å². The van der Waals surface area contributed by atoms with Crippen LogP contribution in [0.3, 0.4) is 0 Å². The highest BCUT2D eigenvalue weighted by molar-refractivity contribution is 5.92. The smallest absolute Gasteiger partial charge is 0.221 e. The average Bonchev–Trinajstić information content (AvgIpc) is 2.03. The summed E-state index contributed by atoms with van der Waals surface area (Å²) in [6, 6.07) is 0. The van der Waals surface area contributed by atoms with E-state index in [1.54, 1.807) is 6.08 Å². The van der Waals surface area contributed by atoms with E-state index in [1.807, 2.05) is 6.92 Å². The minimum absolute atomic E-state index is 0.156. The summed E-state index contributed by atoms with van der Waals surface area (Å²) in [6.07, 6.45) is 3.33. The van der Waals surface area contributed by atoms with Gasteiger partial charge in [-0.15, -0.1) is 0 Å². The Hall–Kier alpha value is -0.670. The molecule has 0 unspecified atom stereocenters. The molecular weight excluding hydrogens is 144 g/mol. The van der Waals surface area contributed by atoms with Gasteiger partial charge in [-0.2, -0.15) is 0 Å². The first-order valence-electron chi connectivity index (χ1n) is 3.52. The van der Waals surface area contributed by atoms with Gasteiger partial charge < -0.3 is 9.47 Å². The first-order valence-corrected chi connectivity index (χ1v) is 3.52. The zero-order valence-electron chi connectivity index (χ0n) is 7.16. The lowest BCUT2D eigenvalue weighted by molar-refractivity contribution is -0.151. The summed E-state index contributed by atoms with van der Waals surface area (Å²) in [6.45, 7) is 1.96. The van der Waals surface area contributed by atoms with Gasteiger partial charge in [0.1, 0.15) is 0 Å². The van der Waals surface area contributed by atoms with Crippen LogP contribution in [0, 0.1) is 0 Å². The monoisotopic (exact) mass is 158 g/mol. The third kappa shape index (κ3) is 3.91. The lowest BCUT2D eigenvalue weighted by Crippen LogP contribution is -2.22. The summed E-state index contributed by atoms with van der Waals surface area (Å²) >= 11 is 0. The van der Waals surface area contributed by atoms with Gasteiger partial charge in [0.05, 0.1) is 0 Å². The second kappa shape index (κ2) is 6.07. The van der Waals surface area contributed by atoms with Crippen LogP contribution >= 0.6 is 0 Å². The Balaban J connectivity index is 3.88. The summed E-state index contributed by atoms with van der Waals surface area (Å²) in [4.78, 5) is 11.0. The summed E-state index contributed by atoms with van der Waals surface area (Å²) in [5, 5.41) is 0. The third-order valence-corrected chi connectivity index (χ3v) is 1.18. The normalized spacial score (nSPS) is 11.3. The number of ketones is 1. The highest BCUT2D eigenvalue weighted by Gasteiger charge is 2.11. The number of hydrogen-bond donors (Lipinski definition) is 0. The molecule has 0 fully saturated rings. The lowest BCUT2D eigenvalue weighted by atomic mass is 10.3. The number of ether oxygens (including phenoxy) is 2. The van der Waals surface area contributed by atoms with E-state index >= 15 is 0 Å². The summed E-state index contributed by atoms with van der Waals surface area (Å²) in [5.41, 5.74) is 0. The molecular formula is C8H14O3. The number of carbonyl (C=O) groups excluding carboxylic acids is 1. The minimum atomic E-state index is -0.752. The molecule has 0 aliphatic heterocycles. The van der Waals surface area contributed by atoms with Gasteiger partial charge in [-0.25, -0.2) is 0 Å². The molecule has 0 aliphatic rings. The van der Waals surface area contributed by atoms with Gasteiger partial charge in [-0.3, -0.25) is 4.79 Å². The van der Waals surface area contributed by atoms with Crippen LogP contribution in [0.15, 0.2) is 12.2 Å². The molecule has 0 atom stereocenters. The molecule has 3 nitrogen and oxygen atoms in total. The molecule has 3 heteroatoms. The predicted molar refractivity (Wildman–Crippen MR) is 42.2 cm³/mol. The molecule has 0 aliphatic carbocycles. The molecule has 0 radical (unpaired) electrons. The molecule has 0 N–H and O–H groups in total. The van der Waals surface area contributed by atoms with E-state index in [1.165, 1.54) is 20.3 Å². The van der Waals surface area contributed by atoms with Crippen molar-refractivity contribution in [3.63, 3.8) is 0 Å². The molecule has 0 spiro atoms. The molecule has 64 valence electrons. The van der Waals surface area contributed by atoms with Crippen LogP contribution in [0.2, 0.25) is 0 Å². The highest BCUT2D eigenvalue weighted by atomic mass is 16.7. The standard InChI is InChI=1S/C8H14O3/c1-4-5-6-7(9)8(10-2)11-3/h5-6,8H,4H2,1-3H3/b6-5-. The van der Waals surface area contributed by atoms with Gasteiger partial charge in [-0.1, -0.05) is 13.0 Å². The molecule has 0 saturated carbocycles. The van der Waals surface area contributed by atoms with Gasteiger partial charge in [0.2, 0.25) is 12.1 Å². The van der Waals surface area contributed by atoms with Crippen molar-refractivity contribution in [2.45, 2.75) is 19.6 Å². The maximum Gasteiger partial charge on any atom is 0.221 e. The number of carbonyl (C=O) groups is 1. The largest absolute Gasteiger partial charge is 0.349 e. The van der Waals surface area contributed by atoms with Crippen LogP contribution in [-0.4, -0.2) is 26.3 Å². The average molecular weight is 158 g/mol. The number of hydrogen-bond acceptors (Lipinski definition) is 3. The quantitative estimate of drug-likeness (QED) is 0.444. The number of methoxy groups -OCH3 is 2. The van der Waals surface area contributed by atoms with Crippen molar-refractivity contribution < 1.29 is 14.3 Å². The Morgan fingerprint density at radius 1 is 1.45 bits per heavy atom. The van der Waals surface area contributed by atoms with Crippen molar-refractivity contribution >= 4 is 5.78 Å². The van der Waals surface area contributed by atoms with Crippen LogP contribution in [0.4, 0.5) is 0 Å². The fourth-order valence-electron chi connectivity index (χ4n) is 0.641. The van der Waals surface area contributed by atoms with Crippen molar-refractivity contribution in [1.29, 1.82) is 0 Å². The Morgan fingerprint density at radius 2 is 2.00 bits per heavy atom. The van der Waals surface area contributed by atoms with Crippen molar-refractivity contribution in [3.8, 4) is 0 Å². The van der Waals surface area contributed by atoms with Crippen molar-refractivity contribution in [2.75, 3.05) is 14.2 Å². The van der Waals surface area contributed by atoms with Crippen LogP contribution in [0.5, 0.6) is 0 Å². The van der Waals surface area contributed by atoms with E-state index in [-0.39, 0.29) is 5.78 Å². The van der Waals surface area contributed by atoms with Gasteiger partial charge in [0, 0.05) is 14.2 Å². The predicted octanol–water partition coefficient (Wildman–Crippen LogP) is 1.14. The summed E-state index contributed by atoms with van der Waals surface area (Å²) in [7, 11) is 2.87. The van der Waals surface area contributed by atoms with E-state index in [0.717, 1.165) is 6.42 Å². The van der Waals surface area contributed by atoms with Crippen LogP contribution in [0.1, 0.15) is 13.3 Å². The second-order valence-electron chi connectivity index (χ2n) is 2.02. The first kappa shape index (κ1) is 10.3. The maximum atomic E-state index is 11.0. The number of allylic oxidation sites excluding steroid dienone is 1. The van der Waals surface area contributed by atoms with Gasteiger partial charge in [-0.05, 0) is 12.5 Å². The van der Waals surface area contributed by atoms with Crippen molar-refractivity contribution in [1.82, 2.24) is 0 Å². The van der Waals surface area contributed by atoms with E-state index in [4.69, 9.17) is 9.47 Å².